The van der Waals surface area contributed by atoms with Gasteiger partial charge >= 0.3 is 0 Å². The minimum absolute atomic E-state index is 0.0733. The van der Waals surface area contributed by atoms with E-state index in [0.717, 1.165) is 11.0 Å². The van der Waals surface area contributed by atoms with Gasteiger partial charge in [0.1, 0.15) is 11.6 Å². The first-order valence-electron chi connectivity index (χ1n) is 9.28. The Labute approximate surface area is 177 Å². The Morgan fingerprint density at radius 2 is 1.60 bits per heavy atom. The second-order valence-corrected chi connectivity index (χ2v) is 7.16. The lowest BCUT2D eigenvalue weighted by molar-refractivity contribution is 0.0949. The Morgan fingerprint density at radius 3 is 2.33 bits per heavy atom. The highest BCUT2D eigenvalue weighted by molar-refractivity contribution is 6.30. The molecule has 0 aliphatic heterocycles. The molecule has 0 unspecified atom stereocenters. The number of rotatable bonds is 6. The molecule has 1 amide bonds. The maximum Gasteiger partial charge on any atom is 0.251 e. The molecule has 1 aromatic heterocycles. The lowest BCUT2D eigenvalue weighted by Gasteiger charge is -2.10. The summed E-state index contributed by atoms with van der Waals surface area (Å²) < 4.78 is 14.9. The minimum atomic E-state index is -0.408. The minimum Gasteiger partial charge on any atom is -0.345 e. The zero-order valence-electron chi connectivity index (χ0n) is 15.8. The number of benzene rings is 3. The van der Waals surface area contributed by atoms with Crippen molar-refractivity contribution >= 4 is 34.3 Å². The first-order valence-corrected chi connectivity index (χ1v) is 9.66. The Hall–Kier alpha value is -3.51. The summed E-state index contributed by atoms with van der Waals surface area (Å²) in [6.45, 7) is 0.197. The molecule has 0 aliphatic rings. The largest absolute Gasteiger partial charge is 0.345 e. The summed E-state index contributed by atoms with van der Waals surface area (Å²) in [5.74, 6) is -0.304. The highest BCUT2D eigenvalue weighted by atomic mass is 35.5. The van der Waals surface area contributed by atoms with Crippen LogP contribution in [0.2, 0.25) is 5.02 Å². The average Bonchev–Trinajstić information content (AvgIpc) is 3.10. The molecule has 5 nitrogen and oxygen atoms in total. The number of ketones is 1. The molecule has 0 spiro atoms. The first-order chi connectivity index (χ1) is 14.5. The van der Waals surface area contributed by atoms with Crippen LogP contribution in [-0.4, -0.2) is 21.2 Å². The fourth-order valence-corrected chi connectivity index (χ4v) is 3.30. The van der Waals surface area contributed by atoms with Crippen LogP contribution in [0, 0.1) is 5.82 Å². The molecule has 0 aliphatic carbocycles. The Balaban J connectivity index is 1.58. The van der Waals surface area contributed by atoms with Gasteiger partial charge in [0.15, 0.2) is 5.78 Å². The number of Topliss-reactive ketones (excluding diaryl/α,β-unsaturated/α-hetero) is 1. The summed E-state index contributed by atoms with van der Waals surface area (Å²) >= 11 is 5.90. The summed E-state index contributed by atoms with van der Waals surface area (Å²) in [7, 11) is 0. The number of halogens is 2. The number of imidazole rings is 1. The number of carbonyl (C=O) groups is 2. The van der Waals surface area contributed by atoms with Crippen LogP contribution in [0.3, 0.4) is 0 Å². The van der Waals surface area contributed by atoms with Gasteiger partial charge < -0.3 is 9.88 Å². The molecule has 0 bridgehead atoms. The third-order valence-electron chi connectivity index (χ3n) is 4.71. The van der Waals surface area contributed by atoms with E-state index in [1.165, 1.54) is 24.3 Å². The summed E-state index contributed by atoms with van der Waals surface area (Å²) in [5.41, 5.74) is 2.41. The van der Waals surface area contributed by atoms with E-state index in [1.807, 2.05) is 24.3 Å². The molecule has 1 heterocycles. The molecular weight excluding hydrogens is 405 g/mol. The van der Waals surface area contributed by atoms with Crippen LogP contribution in [0.15, 0.2) is 72.8 Å². The van der Waals surface area contributed by atoms with Crippen LogP contribution < -0.4 is 5.32 Å². The molecule has 150 valence electrons. The molecular formula is C23H17ClFN3O2. The molecule has 0 atom stereocenters. The number of carbonyl (C=O) groups excluding carboxylic acids is 2. The van der Waals surface area contributed by atoms with E-state index < -0.39 is 5.82 Å². The van der Waals surface area contributed by atoms with E-state index in [0.29, 0.717) is 22.0 Å². The van der Waals surface area contributed by atoms with Crippen molar-refractivity contribution in [2.75, 3.05) is 0 Å². The molecule has 7 heteroatoms. The van der Waals surface area contributed by atoms with Gasteiger partial charge in [-0.2, -0.15) is 0 Å². The van der Waals surface area contributed by atoms with Crippen molar-refractivity contribution in [2.45, 2.75) is 13.1 Å². The maximum absolute atomic E-state index is 13.1. The van der Waals surface area contributed by atoms with Crippen LogP contribution in [-0.2, 0) is 13.1 Å². The topological polar surface area (TPSA) is 64.0 Å². The highest BCUT2D eigenvalue weighted by Gasteiger charge is 2.16. The van der Waals surface area contributed by atoms with Gasteiger partial charge in [0.25, 0.3) is 5.91 Å². The standard InChI is InChI=1S/C23H17ClFN3O2/c24-17-9-5-15(6-10-17)21(29)14-28-20-4-2-1-3-19(20)27-22(28)13-26-23(30)16-7-11-18(25)12-8-16/h1-12H,13-14H2,(H,26,30). The lowest BCUT2D eigenvalue weighted by atomic mass is 10.1. The molecule has 4 aromatic rings. The van der Waals surface area contributed by atoms with Crippen molar-refractivity contribution in [3.05, 3.63) is 101 Å². The molecule has 0 saturated carbocycles. The third kappa shape index (κ3) is 4.23. The van der Waals surface area contributed by atoms with Gasteiger partial charge in [-0.3, -0.25) is 9.59 Å². The van der Waals surface area contributed by atoms with Crippen LogP contribution in [0.5, 0.6) is 0 Å². The van der Waals surface area contributed by atoms with E-state index in [-0.39, 0.29) is 24.8 Å². The summed E-state index contributed by atoms with van der Waals surface area (Å²) in [6.07, 6.45) is 0. The van der Waals surface area contributed by atoms with Gasteiger partial charge in [0, 0.05) is 16.1 Å². The van der Waals surface area contributed by atoms with E-state index in [2.05, 4.69) is 10.3 Å². The van der Waals surface area contributed by atoms with Crippen LogP contribution in [0.1, 0.15) is 26.5 Å². The predicted molar refractivity (Wildman–Crippen MR) is 113 cm³/mol. The monoisotopic (exact) mass is 421 g/mol. The third-order valence-corrected chi connectivity index (χ3v) is 4.97. The lowest BCUT2D eigenvalue weighted by Crippen LogP contribution is -2.25. The van der Waals surface area contributed by atoms with Crippen LogP contribution in [0.4, 0.5) is 4.39 Å². The number of para-hydroxylation sites is 2. The van der Waals surface area contributed by atoms with E-state index >= 15 is 0 Å². The number of hydrogen-bond acceptors (Lipinski definition) is 3. The van der Waals surface area contributed by atoms with E-state index in [4.69, 9.17) is 11.6 Å². The first kappa shape index (κ1) is 19.8. The second kappa shape index (κ2) is 8.47. The summed E-state index contributed by atoms with van der Waals surface area (Å²) in [5, 5.41) is 3.34. The molecule has 1 N–H and O–H groups in total. The van der Waals surface area contributed by atoms with Gasteiger partial charge in [-0.1, -0.05) is 23.7 Å². The molecule has 0 radical (unpaired) electrons. The van der Waals surface area contributed by atoms with Crippen LogP contribution in [0.25, 0.3) is 11.0 Å². The van der Waals surface area contributed by atoms with Crippen molar-refractivity contribution < 1.29 is 14.0 Å². The quantitative estimate of drug-likeness (QED) is 0.461. The van der Waals surface area contributed by atoms with Crippen molar-refractivity contribution in [3.63, 3.8) is 0 Å². The number of nitrogens with one attached hydrogen (secondary N) is 1. The molecule has 0 fully saturated rings. The van der Waals surface area contributed by atoms with Gasteiger partial charge in [0.2, 0.25) is 0 Å². The molecule has 0 saturated heterocycles. The number of amides is 1. The van der Waals surface area contributed by atoms with Gasteiger partial charge in [-0.15, -0.1) is 0 Å². The van der Waals surface area contributed by atoms with Gasteiger partial charge in [-0.05, 0) is 60.7 Å². The summed E-state index contributed by atoms with van der Waals surface area (Å²) in [6, 6.07) is 19.5. The van der Waals surface area contributed by atoms with Gasteiger partial charge in [0.05, 0.1) is 24.1 Å². The molecule has 3 aromatic carbocycles. The predicted octanol–water partition coefficient (Wildman–Crippen LogP) is 4.64. The Bertz CT molecular complexity index is 1220. The van der Waals surface area contributed by atoms with Gasteiger partial charge in [-0.25, -0.2) is 9.37 Å². The smallest absolute Gasteiger partial charge is 0.251 e. The highest BCUT2D eigenvalue weighted by Crippen LogP contribution is 2.18. The Morgan fingerprint density at radius 1 is 0.933 bits per heavy atom. The van der Waals surface area contributed by atoms with Crippen molar-refractivity contribution in [2.24, 2.45) is 0 Å². The fourth-order valence-electron chi connectivity index (χ4n) is 3.17. The summed E-state index contributed by atoms with van der Waals surface area (Å²) in [4.78, 5) is 29.7. The van der Waals surface area contributed by atoms with Crippen molar-refractivity contribution in [1.29, 1.82) is 0 Å². The Kier molecular flexibility index (Phi) is 5.59. The van der Waals surface area contributed by atoms with E-state index in [1.54, 1.807) is 28.8 Å². The molecule has 4 rings (SSSR count). The van der Waals surface area contributed by atoms with Crippen LogP contribution >= 0.6 is 11.6 Å². The normalized spacial score (nSPS) is 10.9. The average molecular weight is 422 g/mol. The number of nitrogens with zero attached hydrogens (tertiary/aromatic N) is 2. The SMILES string of the molecule is O=C(Cn1c(CNC(=O)c2ccc(F)cc2)nc2ccccc21)c1ccc(Cl)cc1. The number of aromatic nitrogens is 2. The van der Waals surface area contributed by atoms with E-state index in [9.17, 15) is 14.0 Å². The molecule has 30 heavy (non-hydrogen) atoms. The zero-order chi connectivity index (χ0) is 21.1. The fraction of sp³-hybridized carbons (Fsp3) is 0.0870. The number of fused-ring (bicyclic) bond motifs is 1. The zero-order valence-corrected chi connectivity index (χ0v) is 16.6. The number of hydrogen-bond donors (Lipinski definition) is 1. The maximum atomic E-state index is 13.1. The van der Waals surface area contributed by atoms with Crippen molar-refractivity contribution in [3.8, 4) is 0 Å². The van der Waals surface area contributed by atoms with Crippen molar-refractivity contribution in [1.82, 2.24) is 14.9 Å². The second-order valence-electron chi connectivity index (χ2n) is 6.72.